The van der Waals surface area contributed by atoms with E-state index in [2.05, 4.69) is 13.8 Å². The summed E-state index contributed by atoms with van der Waals surface area (Å²) < 4.78 is 5.50. The molecule has 0 fully saturated rings. The Labute approximate surface area is 96.6 Å². The fourth-order valence-electron chi connectivity index (χ4n) is 2.46. The molecule has 0 spiro atoms. The second-order valence-electron chi connectivity index (χ2n) is 4.37. The number of carbonyl (C=O) groups is 1. The molecular formula is C14H18O2. The lowest BCUT2D eigenvalue weighted by atomic mass is 9.89. The van der Waals surface area contributed by atoms with E-state index in [1.807, 2.05) is 24.3 Å². The zero-order valence-electron chi connectivity index (χ0n) is 9.90. The number of esters is 1. The van der Waals surface area contributed by atoms with E-state index >= 15 is 0 Å². The summed E-state index contributed by atoms with van der Waals surface area (Å²) in [6.45, 7) is 4.33. The summed E-state index contributed by atoms with van der Waals surface area (Å²) >= 11 is 0. The summed E-state index contributed by atoms with van der Waals surface area (Å²) in [5.74, 6) is 0.299. The number of benzene rings is 1. The van der Waals surface area contributed by atoms with Gasteiger partial charge in [-0.25, -0.2) is 4.79 Å². The quantitative estimate of drug-likeness (QED) is 0.720. The van der Waals surface area contributed by atoms with Crippen molar-refractivity contribution in [3.05, 3.63) is 35.4 Å². The van der Waals surface area contributed by atoms with Gasteiger partial charge >= 0.3 is 5.97 Å². The van der Waals surface area contributed by atoms with E-state index in [-0.39, 0.29) is 12.1 Å². The first-order valence-corrected chi connectivity index (χ1v) is 6.07. The van der Waals surface area contributed by atoms with Gasteiger partial charge < -0.3 is 4.74 Å². The van der Waals surface area contributed by atoms with Crippen LogP contribution in [0.25, 0.3) is 0 Å². The maximum Gasteiger partial charge on any atom is 0.339 e. The van der Waals surface area contributed by atoms with Crippen molar-refractivity contribution < 1.29 is 9.53 Å². The molecule has 0 amide bonds. The summed E-state index contributed by atoms with van der Waals surface area (Å²) in [7, 11) is 0. The monoisotopic (exact) mass is 218 g/mol. The molecule has 0 radical (unpaired) electrons. The smallest absolute Gasteiger partial charge is 0.339 e. The van der Waals surface area contributed by atoms with Crippen LogP contribution in [0, 0.1) is 5.92 Å². The van der Waals surface area contributed by atoms with Crippen molar-refractivity contribution >= 4 is 5.97 Å². The summed E-state index contributed by atoms with van der Waals surface area (Å²) in [5.41, 5.74) is 1.83. The molecule has 1 heterocycles. The van der Waals surface area contributed by atoms with Gasteiger partial charge in [-0.15, -0.1) is 0 Å². The summed E-state index contributed by atoms with van der Waals surface area (Å²) in [4.78, 5) is 11.7. The molecule has 86 valence electrons. The number of cyclic esters (lactones) is 1. The molecule has 0 saturated heterocycles. The third-order valence-electron chi connectivity index (χ3n) is 3.33. The van der Waals surface area contributed by atoms with Crippen LogP contribution >= 0.6 is 0 Å². The lowest BCUT2D eigenvalue weighted by molar-refractivity contribution is 0.0215. The molecule has 0 aliphatic carbocycles. The molecule has 1 aromatic rings. The number of rotatable bonds is 4. The van der Waals surface area contributed by atoms with Crippen molar-refractivity contribution in [1.82, 2.24) is 0 Å². The minimum Gasteiger partial charge on any atom is -0.454 e. The van der Waals surface area contributed by atoms with E-state index in [1.54, 1.807) is 0 Å². The normalized spacial score (nSPS) is 20.4. The van der Waals surface area contributed by atoms with Crippen LogP contribution in [0.4, 0.5) is 0 Å². The van der Waals surface area contributed by atoms with Gasteiger partial charge in [0.1, 0.15) is 6.10 Å². The van der Waals surface area contributed by atoms with Crippen molar-refractivity contribution in [3.8, 4) is 0 Å². The molecule has 2 atom stereocenters. The van der Waals surface area contributed by atoms with Crippen LogP contribution in [0.2, 0.25) is 0 Å². The molecule has 0 N–H and O–H groups in total. The number of ether oxygens (including phenoxy) is 1. The van der Waals surface area contributed by atoms with E-state index in [0.717, 1.165) is 30.4 Å². The fraction of sp³-hybridized carbons (Fsp3) is 0.500. The van der Waals surface area contributed by atoms with E-state index in [1.165, 1.54) is 0 Å². The molecule has 0 bridgehead atoms. The van der Waals surface area contributed by atoms with Gasteiger partial charge in [-0.2, -0.15) is 0 Å². The average molecular weight is 218 g/mol. The zero-order valence-corrected chi connectivity index (χ0v) is 9.90. The van der Waals surface area contributed by atoms with E-state index in [4.69, 9.17) is 4.74 Å². The Morgan fingerprint density at radius 3 is 2.75 bits per heavy atom. The largest absolute Gasteiger partial charge is 0.454 e. The van der Waals surface area contributed by atoms with E-state index in [0.29, 0.717) is 5.92 Å². The van der Waals surface area contributed by atoms with Gasteiger partial charge in [-0.05, 0) is 18.9 Å². The minimum absolute atomic E-state index is 0.0198. The summed E-state index contributed by atoms with van der Waals surface area (Å²) in [6, 6.07) is 7.75. The molecule has 2 nitrogen and oxygen atoms in total. The first kappa shape index (κ1) is 11.2. The Balaban J connectivity index is 2.28. The fourth-order valence-corrected chi connectivity index (χ4v) is 2.46. The van der Waals surface area contributed by atoms with Crippen LogP contribution in [0.1, 0.15) is 55.1 Å². The first-order chi connectivity index (χ1) is 7.77. The van der Waals surface area contributed by atoms with Gasteiger partial charge in [0.25, 0.3) is 0 Å². The van der Waals surface area contributed by atoms with Gasteiger partial charge in [0.15, 0.2) is 0 Å². The van der Waals surface area contributed by atoms with Crippen molar-refractivity contribution in [2.45, 2.75) is 39.2 Å². The van der Waals surface area contributed by atoms with Crippen LogP contribution in [0.15, 0.2) is 24.3 Å². The Morgan fingerprint density at radius 1 is 1.31 bits per heavy atom. The van der Waals surface area contributed by atoms with Gasteiger partial charge in [0.05, 0.1) is 5.56 Å². The molecule has 0 aromatic heterocycles. The average Bonchev–Trinajstić information content (AvgIpc) is 2.65. The highest BCUT2D eigenvalue weighted by Gasteiger charge is 2.34. The predicted molar refractivity (Wildman–Crippen MR) is 63.3 cm³/mol. The van der Waals surface area contributed by atoms with Gasteiger partial charge in [0, 0.05) is 11.5 Å². The van der Waals surface area contributed by atoms with Gasteiger partial charge in [0.2, 0.25) is 0 Å². The maximum absolute atomic E-state index is 11.7. The highest BCUT2D eigenvalue weighted by Crippen LogP contribution is 2.39. The molecule has 0 saturated carbocycles. The van der Waals surface area contributed by atoms with Crippen LogP contribution in [-0.2, 0) is 4.74 Å². The highest BCUT2D eigenvalue weighted by atomic mass is 16.5. The lowest BCUT2D eigenvalue weighted by Gasteiger charge is -2.21. The second-order valence-corrected chi connectivity index (χ2v) is 4.37. The molecule has 2 heteroatoms. The third kappa shape index (κ3) is 1.84. The highest BCUT2D eigenvalue weighted by molar-refractivity contribution is 5.94. The number of hydrogen-bond acceptors (Lipinski definition) is 2. The first-order valence-electron chi connectivity index (χ1n) is 6.07. The Morgan fingerprint density at radius 2 is 2.06 bits per heavy atom. The maximum atomic E-state index is 11.7. The summed E-state index contributed by atoms with van der Waals surface area (Å²) in [5, 5.41) is 0. The standard InChI is InChI=1S/C14H18O2/c1-3-7-10(4-2)13-11-8-5-6-9-12(11)14(15)16-13/h5-6,8-10,13H,3-4,7H2,1-2H3. The molecule has 1 aliphatic rings. The lowest BCUT2D eigenvalue weighted by Crippen LogP contribution is -2.12. The number of hydrogen-bond donors (Lipinski definition) is 0. The Hall–Kier alpha value is -1.31. The topological polar surface area (TPSA) is 26.3 Å². The van der Waals surface area contributed by atoms with Crippen LogP contribution < -0.4 is 0 Å². The molecule has 2 rings (SSSR count). The second kappa shape index (κ2) is 4.69. The Kier molecular flexibility index (Phi) is 3.28. The zero-order chi connectivity index (χ0) is 11.5. The molecule has 1 aromatic carbocycles. The molecule has 16 heavy (non-hydrogen) atoms. The van der Waals surface area contributed by atoms with Gasteiger partial charge in [-0.3, -0.25) is 0 Å². The Bertz CT molecular complexity index is 384. The molecule has 1 aliphatic heterocycles. The van der Waals surface area contributed by atoms with Crippen molar-refractivity contribution in [1.29, 1.82) is 0 Å². The predicted octanol–water partition coefficient (Wildman–Crippen LogP) is 3.72. The molecular weight excluding hydrogens is 200 g/mol. The third-order valence-corrected chi connectivity index (χ3v) is 3.33. The van der Waals surface area contributed by atoms with Crippen molar-refractivity contribution in [3.63, 3.8) is 0 Å². The number of fused-ring (bicyclic) bond motifs is 1. The van der Waals surface area contributed by atoms with E-state index < -0.39 is 0 Å². The van der Waals surface area contributed by atoms with Crippen LogP contribution in [-0.4, -0.2) is 5.97 Å². The minimum atomic E-state index is -0.157. The van der Waals surface area contributed by atoms with E-state index in [9.17, 15) is 4.79 Å². The van der Waals surface area contributed by atoms with Crippen LogP contribution in [0.5, 0.6) is 0 Å². The summed E-state index contributed by atoms with van der Waals surface area (Å²) in [6.07, 6.45) is 3.28. The van der Waals surface area contributed by atoms with Crippen LogP contribution in [0.3, 0.4) is 0 Å². The van der Waals surface area contributed by atoms with Crippen molar-refractivity contribution in [2.75, 3.05) is 0 Å². The van der Waals surface area contributed by atoms with Crippen molar-refractivity contribution in [2.24, 2.45) is 5.92 Å². The SMILES string of the molecule is CCCC(CC)C1OC(=O)c2ccccc21. The molecule has 2 unspecified atom stereocenters. The van der Waals surface area contributed by atoms with Gasteiger partial charge in [-0.1, -0.05) is 38.5 Å². The number of carbonyl (C=O) groups excluding carboxylic acids is 1.